The minimum atomic E-state index is -0.425. The summed E-state index contributed by atoms with van der Waals surface area (Å²) in [6, 6.07) is 0. The number of carbonyl (C=O) groups excluding carboxylic acids is 1. The molecule has 0 saturated heterocycles. The lowest BCUT2D eigenvalue weighted by Gasteiger charge is -2.56. The SMILES string of the molecule is CC(C)(CCCC(C)(C(=O)OC1(C)CC2CCC3CC2CC1C3)C(C)(C)C)C1CC2CCC1C2. The first-order chi connectivity index (χ1) is 15.8. The number of hydrogen-bond acceptors (Lipinski definition) is 2. The summed E-state index contributed by atoms with van der Waals surface area (Å²) in [5.41, 5.74) is -0.370. The van der Waals surface area contributed by atoms with Gasteiger partial charge in [0.2, 0.25) is 0 Å². The van der Waals surface area contributed by atoms with Crippen molar-refractivity contribution in [1.82, 2.24) is 0 Å². The predicted molar refractivity (Wildman–Crippen MR) is 140 cm³/mol. The zero-order valence-corrected chi connectivity index (χ0v) is 23.6. The predicted octanol–water partition coefficient (Wildman–Crippen LogP) is 8.82. The molecule has 0 aliphatic heterocycles. The molecular weight excluding hydrogens is 416 g/mol. The van der Waals surface area contributed by atoms with Crippen LogP contribution >= 0.6 is 0 Å². The van der Waals surface area contributed by atoms with Gasteiger partial charge in [0, 0.05) is 0 Å². The normalized spacial score (nSPS) is 43.1. The molecule has 5 saturated carbocycles. The molecule has 2 nitrogen and oxygen atoms in total. The van der Waals surface area contributed by atoms with Crippen molar-refractivity contribution >= 4 is 5.97 Å². The van der Waals surface area contributed by atoms with Crippen LogP contribution in [0.3, 0.4) is 0 Å². The fourth-order valence-electron chi connectivity index (χ4n) is 9.76. The minimum Gasteiger partial charge on any atom is -0.459 e. The summed E-state index contributed by atoms with van der Waals surface area (Å²) in [4.78, 5) is 14.0. The molecule has 0 N–H and O–H groups in total. The molecular formula is C32H54O2. The van der Waals surface area contributed by atoms with Crippen LogP contribution in [0.2, 0.25) is 0 Å². The number of hydrogen-bond donors (Lipinski definition) is 0. The van der Waals surface area contributed by atoms with Crippen LogP contribution in [0.15, 0.2) is 0 Å². The third kappa shape index (κ3) is 4.30. The molecule has 0 amide bonds. The number of carbonyl (C=O) groups is 1. The maximum atomic E-state index is 14.0. The smallest absolute Gasteiger partial charge is 0.312 e. The summed E-state index contributed by atoms with van der Waals surface area (Å²) in [5.74, 6) is 6.14. The lowest BCUT2D eigenvalue weighted by Crippen LogP contribution is -2.55. The molecule has 0 aromatic carbocycles. The van der Waals surface area contributed by atoms with Crippen LogP contribution in [0.1, 0.15) is 132 Å². The van der Waals surface area contributed by atoms with E-state index in [2.05, 4.69) is 48.5 Å². The van der Waals surface area contributed by atoms with Crippen LogP contribution < -0.4 is 0 Å². The van der Waals surface area contributed by atoms with E-state index in [4.69, 9.17) is 4.74 Å². The maximum absolute atomic E-state index is 14.0. The molecule has 5 fully saturated rings. The minimum absolute atomic E-state index is 0.0973. The van der Waals surface area contributed by atoms with Crippen molar-refractivity contribution < 1.29 is 9.53 Å². The van der Waals surface area contributed by atoms with Crippen molar-refractivity contribution in [3.63, 3.8) is 0 Å². The second kappa shape index (κ2) is 8.51. The molecule has 5 bridgehead atoms. The molecule has 194 valence electrons. The third-order valence-electron chi connectivity index (χ3n) is 12.7. The van der Waals surface area contributed by atoms with E-state index in [1.54, 1.807) is 0 Å². The Morgan fingerprint density at radius 1 is 0.794 bits per heavy atom. The summed E-state index contributed by atoms with van der Waals surface area (Å²) >= 11 is 0. The molecule has 0 aromatic heterocycles. The largest absolute Gasteiger partial charge is 0.459 e. The van der Waals surface area contributed by atoms with Crippen LogP contribution in [-0.4, -0.2) is 11.6 Å². The number of rotatable bonds is 7. The van der Waals surface area contributed by atoms with Crippen molar-refractivity contribution in [2.45, 2.75) is 138 Å². The van der Waals surface area contributed by atoms with Gasteiger partial charge in [-0.3, -0.25) is 4.79 Å². The standard InChI is InChI=1S/C32H54O2/c1-29(2,3)31(6,14-8-13-30(4,5)27-18-22-9-11-23(27)15-22)28(33)34-32(7)20-24-12-10-21-16-25(24)19-26(32)17-21/h21-27H,8-20H2,1-7H3. The highest BCUT2D eigenvalue weighted by molar-refractivity contribution is 5.78. The highest BCUT2D eigenvalue weighted by atomic mass is 16.6. The Balaban J connectivity index is 1.25. The molecule has 0 spiro atoms. The van der Waals surface area contributed by atoms with E-state index in [0.29, 0.717) is 11.3 Å². The van der Waals surface area contributed by atoms with Crippen molar-refractivity contribution in [3.8, 4) is 0 Å². The molecule has 34 heavy (non-hydrogen) atoms. The second-order valence-corrected chi connectivity index (χ2v) is 16.0. The van der Waals surface area contributed by atoms with Crippen LogP contribution in [0, 0.1) is 57.7 Å². The van der Waals surface area contributed by atoms with E-state index in [1.807, 2.05) is 0 Å². The highest BCUT2D eigenvalue weighted by Gasteiger charge is 2.55. The van der Waals surface area contributed by atoms with Gasteiger partial charge in [-0.1, -0.05) is 53.9 Å². The fourth-order valence-corrected chi connectivity index (χ4v) is 9.76. The molecule has 9 atom stereocenters. The van der Waals surface area contributed by atoms with E-state index in [9.17, 15) is 4.79 Å². The fraction of sp³-hybridized carbons (Fsp3) is 0.969. The van der Waals surface area contributed by atoms with Crippen LogP contribution in [0.25, 0.3) is 0 Å². The van der Waals surface area contributed by atoms with E-state index >= 15 is 0 Å². The Labute approximate surface area is 210 Å². The Bertz CT molecular complexity index is 774. The zero-order chi connectivity index (χ0) is 24.5. The average molecular weight is 471 g/mol. The molecule has 5 rings (SSSR count). The second-order valence-electron chi connectivity index (χ2n) is 16.0. The molecule has 0 heterocycles. The maximum Gasteiger partial charge on any atom is 0.312 e. The van der Waals surface area contributed by atoms with Gasteiger partial charge < -0.3 is 4.74 Å². The number of esters is 1. The first-order valence-electron chi connectivity index (χ1n) is 15.0. The lowest BCUT2D eigenvalue weighted by atomic mass is 9.53. The first kappa shape index (κ1) is 25.1. The molecule has 5 aliphatic rings. The summed E-state index contributed by atoms with van der Waals surface area (Å²) in [6.45, 7) is 16.3. The van der Waals surface area contributed by atoms with Gasteiger partial charge in [0.1, 0.15) is 5.60 Å². The first-order valence-corrected chi connectivity index (χ1v) is 15.0. The van der Waals surface area contributed by atoms with Gasteiger partial charge >= 0.3 is 5.97 Å². The summed E-state index contributed by atoms with van der Waals surface area (Å²) < 4.78 is 6.69. The van der Waals surface area contributed by atoms with Gasteiger partial charge in [0.05, 0.1) is 5.41 Å². The van der Waals surface area contributed by atoms with Crippen LogP contribution in [0.5, 0.6) is 0 Å². The van der Waals surface area contributed by atoms with Gasteiger partial charge in [0.25, 0.3) is 0 Å². The Hall–Kier alpha value is -0.530. The lowest BCUT2D eigenvalue weighted by molar-refractivity contribution is -0.200. The van der Waals surface area contributed by atoms with Gasteiger partial charge in [-0.15, -0.1) is 0 Å². The quantitative estimate of drug-likeness (QED) is 0.347. The number of fused-ring (bicyclic) bond motifs is 4. The summed E-state index contributed by atoms with van der Waals surface area (Å²) in [7, 11) is 0. The van der Waals surface area contributed by atoms with E-state index in [-0.39, 0.29) is 17.0 Å². The van der Waals surface area contributed by atoms with Gasteiger partial charge in [-0.25, -0.2) is 0 Å². The van der Waals surface area contributed by atoms with Crippen LogP contribution in [-0.2, 0) is 9.53 Å². The topological polar surface area (TPSA) is 26.3 Å². The van der Waals surface area contributed by atoms with E-state index < -0.39 is 5.41 Å². The van der Waals surface area contributed by atoms with E-state index in [0.717, 1.165) is 54.8 Å². The molecule has 0 aromatic rings. The van der Waals surface area contributed by atoms with Gasteiger partial charge in [-0.2, -0.15) is 0 Å². The van der Waals surface area contributed by atoms with Crippen molar-refractivity contribution in [2.24, 2.45) is 57.7 Å². The third-order valence-corrected chi connectivity index (χ3v) is 12.7. The molecule has 5 aliphatic carbocycles. The van der Waals surface area contributed by atoms with Gasteiger partial charge in [0.15, 0.2) is 0 Å². The Morgan fingerprint density at radius 3 is 2.06 bits per heavy atom. The molecule has 2 heteroatoms. The van der Waals surface area contributed by atoms with Crippen LogP contribution in [0.4, 0.5) is 0 Å². The summed E-state index contributed by atoms with van der Waals surface area (Å²) in [6.07, 6.45) is 17.1. The Morgan fingerprint density at radius 2 is 1.44 bits per heavy atom. The monoisotopic (exact) mass is 470 g/mol. The molecule has 0 radical (unpaired) electrons. The van der Waals surface area contributed by atoms with Gasteiger partial charge in [-0.05, 0) is 130 Å². The number of ether oxygens (including phenoxy) is 1. The summed E-state index contributed by atoms with van der Waals surface area (Å²) in [5, 5.41) is 0. The van der Waals surface area contributed by atoms with Crippen molar-refractivity contribution in [3.05, 3.63) is 0 Å². The average Bonchev–Trinajstić information content (AvgIpc) is 3.38. The van der Waals surface area contributed by atoms with Crippen molar-refractivity contribution in [1.29, 1.82) is 0 Å². The highest BCUT2D eigenvalue weighted by Crippen LogP contribution is 2.59. The van der Waals surface area contributed by atoms with Crippen molar-refractivity contribution in [2.75, 3.05) is 0 Å². The van der Waals surface area contributed by atoms with E-state index in [1.165, 1.54) is 64.2 Å². The Kier molecular flexibility index (Phi) is 6.29. The molecule has 9 unspecified atom stereocenters. The zero-order valence-electron chi connectivity index (χ0n) is 23.6.